The van der Waals surface area contributed by atoms with Crippen molar-refractivity contribution < 1.29 is 0 Å². The van der Waals surface area contributed by atoms with Crippen molar-refractivity contribution >= 4 is 11.3 Å². The van der Waals surface area contributed by atoms with Crippen LogP contribution in [0, 0.1) is 19.8 Å². The number of likely N-dealkylation sites (tertiary alicyclic amines) is 1. The summed E-state index contributed by atoms with van der Waals surface area (Å²) in [7, 11) is 2.09. The Morgan fingerprint density at radius 1 is 1.33 bits per heavy atom. The van der Waals surface area contributed by atoms with E-state index in [1.807, 2.05) is 11.3 Å². The van der Waals surface area contributed by atoms with E-state index in [-0.39, 0.29) is 0 Å². The van der Waals surface area contributed by atoms with Crippen molar-refractivity contribution in [3.63, 3.8) is 0 Å². The number of thiophene rings is 1. The van der Waals surface area contributed by atoms with Crippen LogP contribution in [0.25, 0.3) is 0 Å². The molecular formula is C15H24N2S. The van der Waals surface area contributed by atoms with E-state index in [9.17, 15) is 0 Å². The first kappa shape index (κ1) is 12.6. The minimum atomic E-state index is 0.676. The van der Waals surface area contributed by atoms with E-state index in [0.29, 0.717) is 6.04 Å². The predicted octanol–water partition coefficient (Wildman–Crippen LogP) is 3.11. The van der Waals surface area contributed by atoms with Gasteiger partial charge in [0.25, 0.3) is 0 Å². The SMILES string of the molecule is CNCC1CCN(C2CC2)C1c1cc(C)sc1C. The summed E-state index contributed by atoms with van der Waals surface area (Å²) in [6, 6.07) is 4.00. The Labute approximate surface area is 114 Å². The van der Waals surface area contributed by atoms with Crippen LogP contribution in [-0.4, -0.2) is 31.1 Å². The van der Waals surface area contributed by atoms with E-state index < -0.39 is 0 Å². The van der Waals surface area contributed by atoms with Gasteiger partial charge in [-0.1, -0.05) is 0 Å². The van der Waals surface area contributed by atoms with Crippen LogP contribution in [0.1, 0.15) is 40.6 Å². The fraction of sp³-hybridized carbons (Fsp3) is 0.733. The maximum atomic E-state index is 3.39. The van der Waals surface area contributed by atoms with E-state index in [1.165, 1.54) is 35.6 Å². The molecule has 1 aromatic heterocycles. The molecule has 2 unspecified atom stereocenters. The molecule has 3 heteroatoms. The lowest BCUT2D eigenvalue weighted by molar-refractivity contribution is 0.217. The number of rotatable bonds is 4. The lowest BCUT2D eigenvalue weighted by Crippen LogP contribution is -2.30. The molecular weight excluding hydrogens is 240 g/mol. The zero-order chi connectivity index (χ0) is 12.7. The summed E-state index contributed by atoms with van der Waals surface area (Å²) in [5.74, 6) is 0.795. The van der Waals surface area contributed by atoms with Crippen LogP contribution in [0.2, 0.25) is 0 Å². The fourth-order valence-electron chi connectivity index (χ4n) is 3.55. The molecule has 2 fully saturated rings. The monoisotopic (exact) mass is 264 g/mol. The van der Waals surface area contributed by atoms with E-state index in [1.54, 1.807) is 5.56 Å². The third-order valence-corrected chi connectivity index (χ3v) is 5.42. The number of hydrogen-bond donors (Lipinski definition) is 1. The van der Waals surface area contributed by atoms with E-state index in [4.69, 9.17) is 0 Å². The van der Waals surface area contributed by atoms with Gasteiger partial charge in [-0.05, 0) is 70.8 Å². The van der Waals surface area contributed by atoms with Crippen molar-refractivity contribution in [2.75, 3.05) is 20.1 Å². The average molecular weight is 264 g/mol. The van der Waals surface area contributed by atoms with Crippen LogP contribution in [0.4, 0.5) is 0 Å². The van der Waals surface area contributed by atoms with Gasteiger partial charge in [0.15, 0.2) is 0 Å². The zero-order valence-corrected chi connectivity index (χ0v) is 12.5. The molecule has 0 radical (unpaired) electrons. The maximum absolute atomic E-state index is 3.39. The molecule has 1 aliphatic heterocycles. The number of nitrogens with zero attached hydrogens (tertiary/aromatic N) is 1. The topological polar surface area (TPSA) is 15.3 Å². The Morgan fingerprint density at radius 2 is 2.11 bits per heavy atom. The molecule has 18 heavy (non-hydrogen) atoms. The summed E-state index contributed by atoms with van der Waals surface area (Å²) in [5, 5.41) is 3.39. The molecule has 2 heterocycles. The smallest absolute Gasteiger partial charge is 0.0402 e. The van der Waals surface area contributed by atoms with Gasteiger partial charge in [-0.25, -0.2) is 0 Å². The minimum Gasteiger partial charge on any atom is -0.319 e. The third-order valence-electron chi connectivity index (χ3n) is 4.44. The zero-order valence-electron chi connectivity index (χ0n) is 11.7. The standard InChI is InChI=1S/C15H24N2S/c1-10-8-14(11(2)18-10)15-12(9-16-3)6-7-17(15)13-4-5-13/h8,12-13,15-16H,4-7,9H2,1-3H3. The van der Waals surface area contributed by atoms with Crippen molar-refractivity contribution in [1.82, 2.24) is 10.2 Å². The summed E-state index contributed by atoms with van der Waals surface area (Å²) < 4.78 is 0. The van der Waals surface area contributed by atoms with E-state index >= 15 is 0 Å². The van der Waals surface area contributed by atoms with Crippen molar-refractivity contribution in [1.29, 1.82) is 0 Å². The number of aryl methyl sites for hydroxylation is 2. The molecule has 1 aromatic rings. The van der Waals surface area contributed by atoms with Crippen LogP contribution in [0.5, 0.6) is 0 Å². The number of nitrogens with one attached hydrogen (secondary N) is 1. The largest absolute Gasteiger partial charge is 0.319 e. The molecule has 1 aliphatic carbocycles. The van der Waals surface area contributed by atoms with Crippen LogP contribution in [-0.2, 0) is 0 Å². The molecule has 2 aliphatic rings. The van der Waals surface area contributed by atoms with Crippen LogP contribution >= 0.6 is 11.3 Å². The second-order valence-electron chi connectivity index (χ2n) is 5.89. The Hall–Kier alpha value is -0.380. The summed E-state index contributed by atoms with van der Waals surface area (Å²) in [6.45, 7) is 7.00. The van der Waals surface area contributed by atoms with Crippen LogP contribution < -0.4 is 5.32 Å². The van der Waals surface area contributed by atoms with E-state index in [2.05, 4.69) is 37.2 Å². The van der Waals surface area contributed by atoms with Gasteiger partial charge in [-0.3, -0.25) is 4.90 Å². The highest BCUT2D eigenvalue weighted by atomic mass is 32.1. The molecule has 0 bridgehead atoms. The lowest BCUT2D eigenvalue weighted by atomic mass is 9.93. The Morgan fingerprint density at radius 3 is 2.67 bits per heavy atom. The van der Waals surface area contributed by atoms with E-state index in [0.717, 1.165) is 18.5 Å². The fourth-order valence-corrected chi connectivity index (χ4v) is 4.52. The summed E-state index contributed by atoms with van der Waals surface area (Å²) >= 11 is 1.96. The molecule has 1 saturated carbocycles. The molecule has 1 saturated heterocycles. The van der Waals surface area contributed by atoms with Gasteiger partial charge in [0.1, 0.15) is 0 Å². The van der Waals surface area contributed by atoms with Crippen LogP contribution in [0.3, 0.4) is 0 Å². The molecule has 100 valence electrons. The van der Waals surface area contributed by atoms with Crippen molar-refractivity contribution in [2.45, 2.75) is 45.2 Å². The second-order valence-corrected chi connectivity index (χ2v) is 7.35. The summed E-state index contributed by atoms with van der Waals surface area (Å²) in [6.07, 6.45) is 4.20. The van der Waals surface area contributed by atoms with Gasteiger partial charge < -0.3 is 5.32 Å². The molecule has 0 aromatic carbocycles. The lowest BCUT2D eigenvalue weighted by Gasteiger charge is -2.28. The quantitative estimate of drug-likeness (QED) is 0.899. The summed E-state index contributed by atoms with van der Waals surface area (Å²) in [4.78, 5) is 5.79. The van der Waals surface area contributed by atoms with Gasteiger partial charge >= 0.3 is 0 Å². The highest BCUT2D eigenvalue weighted by Gasteiger charge is 2.43. The Kier molecular flexibility index (Phi) is 3.48. The molecule has 1 N–H and O–H groups in total. The maximum Gasteiger partial charge on any atom is 0.0402 e. The predicted molar refractivity (Wildman–Crippen MR) is 78.3 cm³/mol. The third kappa shape index (κ3) is 2.24. The molecule has 2 nitrogen and oxygen atoms in total. The molecule has 0 spiro atoms. The highest BCUT2D eigenvalue weighted by Crippen LogP contribution is 2.46. The number of hydrogen-bond acceptors (Lipinski definition) is 3. The first-order valence-corrected chi connectivity index (χ1v) is 7.99. The van der Waals surface area contributed by atoms with Gasteiger partial charge in [-0.15, -0.1) is 11.3 Å². The molecule has 0 amide bonds. The molecule has 3 rings (SSSR count). The normalized spacial score (nSPS) is 29.1. The summed E-state index contributed by atoms with van der Waals surface area (Å²) in [5.41, 5.74) is 1.61. The van der Waals surface area contributed by atoms with Gasteiger partial charge in [0, 0.05) is 21.8 Å². The van der Waals surface area contributed by atoms with Crippen molar-refractivity contribution in [2.24, 2.45) is 5.92 Å². The van der Waals surface area contributed by atoms with Crippen molar-refractivity contribution in [3.8, 4) is 0 Å². The van der Waals surface area contributed by atoms with Crippen LogP contribution in [0.15, 0.2) is 6.07 Å². The average Bonchev–Trinajstić information content (AvgIpc) is 3.01. The first-order valence-electron chi connectivity index (χ1n) is 7.18. The highest BCUT2D eigenvalue weighted by molar-refractivity contribution is 7.12. The van der Waals surface area contributed by atoms with Gasteiger partial charge in [0.05, 0.1) is 0 Å². The Bertz CT molecular complexity index is 422. The minimum absolute atomic E-state index is 0.676. The van der Waals surface area contributed by atoms with Gasteiger partial charge in [0.2, 0.25) is 0 Å². The molecule has 2 atom stereocenters. The Balaban J connectivity index is 1.89. The van der Waals surface area contributed by atoms with Gasteiger partial charge in [-0.2, -0.15) is 0 Å². The second kappa shape index (κ2) is 4.95. The van der Waals surface area contributed by atoms with Crippen molar-refractivity contribution in [3.05, 3.63) is 21.4 Å². The first-order chi connectivity index (χ1) is 8.70.